The van der Waals surface area contributed by atoms with Crippen LogP contribution in [0.2, 0.25) is 5.02 Å². The van der Waals surface area contributed by atoms with Crippen molar-refractivity contribution in [3.05, 3.63) is 29.4 Å². The van der Waals surface area contributed by atoms with E-state index in [4.69, 9.17) is 25.8 Å². The normalized spacial score (nSPS) is 10.0. The molecule has 0 atom stereocenters. The van der Waals surface area contributed by atoms with Crippen LogP contribution >= 0.6 is 11.6 Å². The van der Waals surface area contributed by atoms with Gasteiger partial charge in [-0.05, 0) is 0 Å². The maximum atomic E-state index is 6.01. The molecule has 1 aromatic carbocycles. The number of ether oxygens (including phenoxy) is 3. The van der Waals surface area contributed by atoms with Gasteiger partial charge in [0.15, 0.2) is 0 Å². The Morgan fingerprint density at radius 1 is 1.05 bits per heavy atom. The second-order valence-electron chi connectivity index (χ2n) is 3.75. The van der Waals surface area contributed by atoms with E-state index in [0.717, 1.165) is 0 Å². The van der Waals surface area contributed by atoms with Crippen molar-refractivity contribution in [1.29, 1.82) is 0 Å². The molecule has 0 radical (unpaired) electrons. The molecule has 0 fully saturated rings. The number of nitrogens with one attached hydrogen (secondary N) is 1. The van der Waals surface area contributed by atoms with Gasteiger partial charge < -0.3 is 19.5 Å². The monoisotopic (exact) mass is 295 g/mol. The molecule has 0 aliphatic carbocycles. The van der Waals surface area contributed by atoms with E-state index in [0.29, 0.717) is 28.2 Å². The third kappa shape index (κ3) is 3.21. The van der Waals surface area contributed by atoms with Crippen molar-refractivity contribution in [3.63, 3.8) is 0 Å². The zero-order valence-corrected chi connectivity index (χ0v) is 12.1. The summed E-state index contributed by atoms with van der Waals surface area (Å²) in [6.45, 7) is 0. The van der Waals surface area contributed by atoms with E-state index in [1.807, 2.05) is 0 Å². The minimum atomic E-state index is 0.251. The van der Waals surface area contributed by atoms with Gasteiger partial charge >= 0.3 is 0 Å². The van der Waals surface area contributed by atoms with Crippen LogP contribution in [-0.4, -0.2) is 31.2 Å². The van der Waals surface area contributed by atoms with E-state index in [1.165, 1.54) is 6.20 Å². The zero-order valence-electron chi connectivity index (χ0n) is 11.3. The first-order valence-corrected chi connectivity index (χ1v) is 6.15. The molecule has 0 aliphatic heterocycles. The molecule has 2 rings (SSSR count). The third-order valence-electron chi connectivity index (χ3n) is 2.48. The highest BCUT2D eigenvalue weighted by atomic mass is 35.5. The lowest BCUT2D eigenvalue weighted by molar-refractivity contribution is 0.385. The number of anilines is 1. The number of benzene rings is 1. The van der Waals surface area contributed by atoms with E-state index in [-0.39, 0.29) is 5.88 Å². The largest absolute Gasteiger partial charge is 0.496 e. The van der Waals surface area contributed by atoms with Gasteiger partial charge in [-0.3, -0.25) is 0 Å². The van der Waals surface area contributed by atoms with E-state index >= 15 is 0 Å². The van der Waals surface area contributed by atoms with E-state index in [9.17, 15) is 0 Å². The molecule has 1 aromatic heterocycles. The summed E-state index contributed by atoms with van der Waals surface area (Å²) in [6, 6.07) is 5.16. The molecule has 0 saturated carbocycles. The first-order valence-electron chi connectivity index (χ1n) is 5.77. The Hall–Kier alpha value is -2.21. The van der Waals surface area contributed by atoms with E-state index < -0.39 is 0 Å². The molecule has 1 N–H and O–H groups in total. The number of halogens is 1. The standard InChI is InChI=1S/C13H14ClN3O3/c1-15-13-16-7-11(14)12(17-13)20-10-5-8(18-2)4-9(6-10)19-3/h4-7H,1-3H3,(H,15,16,17). The van der Waals surface area contributed by atoms with Crippen LogP contribution in [0.3, 0.4) is 0 Å². The minimum absolute atomic E-state index is 0.251. The Balaban J connectivity index is 2.33. The van der Waals surface area contributed by atoms with Gasteiger partial charge in [0.25, 0.3) is 0 Å². The molecule has 20 heavy (non-hydrogen) atoms. The summed E-state index contributed by atoms with van der Waals surface area (Å²) in [4.78, 5) is 8.12. The fraction of sp³-hybridized carbons (Fsp3) is 0.231. The lowest BCUT2D eigenvalue weighted by atomic mass is 10.3. The minimum Gasteiger partial charge on any atom is -0.496 e. The Morgan fingerprint density at radius 2 is 1.65 bits per heavy atom. The molecular weight excluding hydrogens is 282 g/mol. The van der Waals surface area contributed by atoms with Crippen molar-refractivity contribution in [3.8, 4) is 23.1 Å². The first kappa shape index (κ1) is 14.2. The van der Waals surface area contributed by atoms with Crippen LogP contribution in [0.4, 0.5) is 5.95 Å². The van der Waals surface area contributed by atoms with Crippen molar-refractivity contribution in [2.75, 3.05) is 26.6 Å². The third-order valence-corrected chi connectivity index (χ3v) is 2.73. The van der Waals surface area contributed by atoms with Crippen LogP contribution in [-0.2, 0) is 0 Å². The van der Waals surface area contributed by atoms with Crippen LogP contribution in [0.25, 0.3) is 0 Å². The summed E-state index contributed by atoms with van der Waals surface area (Å²) in [6.07, 6.45) is 1.47. The SMILES string of the molecule is CNc1ncc(Cl)c(Oc2cc(OC)cc(OC)c2)n1. The highest BCUT2D eigenvalue weighted by Gasteiger charge is 2.09. The van der Waals surface area contributed by atoms with Gasteiger partial charge in [-0.2, -0.15) is 4.98 Å². The molecule has 0 saturated heterocycles. The molecule has 1 heterocycles. The first-order chi connectivity index (χ1) is 9.66. The highest BCUT2D eigenvalue weighted by molar-refractivity contribution is 6.31. The second-order valence-corrected chi connectivity index (χ2v) is 4.15. The van der Waals surface area contributed by atoms with Crippen LogP contribution in [0, 0.1) is 0 Å². The molecule has 6 nitrogen and oxygen atoms in total. The lowest BCUT2D eigenvalue weighted by Crippen LogP contribution is -1.98. The van der Waals surface area contributed by atoms with Crippen molar-refractivity contribution < 1.29 is 14.2 Å². The van der Waals surface area contributed by atoms with Gasteiger partial charge in [0.2, 0.25) is 11.8 Å². The number of rotatable bonds is 5. The predicted octanol–water partition coefficient (Wildman–Crippen LogP) is 2.98. The highest BCUT2D eigenvalue weighted by Crippen LogP contribution is 2.32. The van der Waals surface area contributed by atoms with Crippen molar-refractivity contribution in [1.82, 2.24) is 9.97 Å². The van der Waals surface area contributed by atoms with E-state index in [1.54, 1.807) is 39.5 Å². The van der Waals surface area contributed by atoms with Crippen LogP contribution in [0.5, 0.6) is 23.1 Å². The molecule has 0 aliphatic rings. The summed E-state index contributed by atoms with van der Waals surface area (Å²) in [5.74, 6) is 2.39. The molecule has 7 heteroatoms. The van der Waals surface area contributed by atoms with Crippen molar-refractivity contribution in [2.45, 2.75) is 0 Å². The molecule has 0 spiro atoms. The molecule has 106 valence electrons. The number of hydrogen-bond acceptors (Lipinski definition) is 6. The topological polar surface area (TPSA) is 65.5 Å². The van der Waals surface area contributed by atoms with Crippen molar-refractivity contribution in [2.24, 2.45) is 0 Å². The average Bonchev–Trinajstić information content (AvgIpc) is 2.49. The second kappa shape index (κ2) is 6.29. The summed E-state index contributed by atoms with van der Waals surface area (Å²) in [7, 11) is 4.84. The maximum absolute atomic E-state index is 6.01. The molecule has 0 amide bonds. The smallest absolute Gasteiger partial charge is 0.243 e. The number of methoxy groups -OCH3 is 2. The van der Waals surface area contributed by atoms with Gasteiger partial charge in [-0.1, -0.05) is 11.6 Å². The summed E-state index contributed by atoms with van der Waals surface area (Å²) in [5.41, 5.74) is 0. The van der Waals surface area contributed by atoms with Crippen LogP contribution in [0.1, 0.15) is 0 Å². The summed E-state index contributed by atoms with van der Waals surface area (Å²) >= 11 is 6.01. The van der Waals surface area contributed by atoms with Gasteiger partial charge in [0, 0.05) is 25.2 Å². The summed E-state index contributed by atoms with van der Waals surface area (Å²) < 4.78 is 16.0. The molecule has 2 aromatic rings. The van der Waals surface area contributed by atoms with Crippen LogP contribution in [0.15, 0.2) is 24.4 Å². The quantitative estimate of drug-likeness (QED) is 0.915. The average molecular weight is 296 g/mol. The fourth-order valence-corrected chi connectivity index (χ4v) is 1.63. The molecule has 0 bridgehead atoms. The number of nitrogens with zero attached hydrogens (tertiary/aromatic N) is 2. The Bertz CT molecular complexity index is 585. The number of aromatic nitrogens is 2. The fourth-order valence-electron chi connectivity index (χ4n) is 1.50. The molecular formula is C13H14ClN3O3. The van der Waals surface area contributed by atoms with E-state index in [2.05, 4.69) is 15.3 Å². The maximum Gasteiger partial charge on any atom is 0.243 e. The van der Waals surface area contributed by atoms with Gasteiger partial charge in [-0.25, -0.2) is 4.98 Å². The Labute approximate surface area is 121 Å². The van der Waals surface area contributed by atoms with Gasteiger partial charge in [-0.15, -0.1) is 0 Å². The number of hydrogen-bond donors (Lipinski definition) is 1. The zero-order chi connectivity index (χ0) is 14.5. The van der Waals surface area contributed by atoms with Crippen molar-refractivity contribution >= 4 is 17.5 Å². The lowest BCUT2D eigenvalue weighted by Gasteiger charge is -2.10. The Morgan fingerprint density at radius 3 is 2.20 bits per heavy atom. The summed E-state index contributed by atoms with van der Waals surface area (Å²) in [5, 5.41) is 3.13. The Kier molecular flexibility index (Phi) is 4.47. The van der Waals surface area contributed by atoms with Gasteiger partial charge in [0.1, 0.15) is 22.3 Å². The van der Waals surface area contributed by atoms with Gasteiger partial charge in [0.05, 0.1) is 20.4 Å². The van der Waals surface area contributed by atoms with Crippen LogP contribution < -0.4 is 19.5 Å². The molecule has 0 unspecified atom stereocenters. The predicted molar refractivity (Wildman–Crippen MR) is 76.2 cm³/mol.